The molecule has 2 unspecified atom stereocenters. The third-order valence-electron chi connectivity index (χ3n) is 4.49. The van der Waals surface area contributed by atoms with Crippen molar-refractivity contribution in [2.75, 3.05) is 12.1 Å². The summed E-state index contributed by atoms with van der Waals surface area (Å²) in [5.74, 6) is -2.09. The standard InChI is InChI=1S/C18H15NO5/c20-17-16(18(21)22)12(7-11-3-1-2-4-13(11)19-17)10-5-6-14-15(8-10)24-9-23-14/h1-6,8,12,16H,7,9H2,(H,19,20)(H,21,22). The van der Waals surface area contributed by atoms with E-state index in [4.69, 9.17) is 9.47 Å². The topological polar surface area (TPSA) is 84.9 Å². The molecule has 6 heteroatoms. The summed E-state index contributed by atoms with van der Waals surface area (Å²) in [5.41, 5.74) is 2.33. The average Bonchev–Trinajstić information content (AvgIpc) is 2.96. The normalized spacial score (nSPS) is 21.6. The zero-order valence-corrected chi connectivity index (χ0v) is 12.7. The van der Waals surface area contributed by atoms with Crippen molar-refractivity contribution in [3.05, 3.63) is 53.6 Å². The highest BCUT2D eigenvalue weighted by molar-refractivity contribution is 6.06. The maximum Gasteiger partial charge on any atom is 0.316 e. The highest BCUT2D eigenvalue weighted by Gasteiger charge is 2.39. The number of hydrogen-bond donors (Lipinski definition) is 2. The number of carboxylic acids is 1. The summed E-state index contributed by atoms with van der Waals surface area (Å²) in [6.07, 6.45) is 0.450. The van der Waals surface area contributed by atoms with Crippen LogP contribution in [0.5, 0.6) is 11.5 Å². The second-order valence-corrected chi connectivity index (χ2v) is 5.89. The number of benzene rings is 2. The molecule has 2 aromatic rings. The molecule has 0 fully saturated rings. The van der Waals surface area contributed by atoms with E-state index in [1.807, 2.05) is 18.2 Å². The molecule has 0 radical (unpaired) electrons. The van der Waals surface area contributed by atoms with E-state index in [0.29, 0.717) is 23.6 Å². The van der Waals surface area contributed by atoms with Crippen LogP contribution in [-0.2, 0) is 16.0 Å². The largest absolute Gasteiger partial charge is 0.481 e. The molecule has 0 saturated carbocycles. The number of anilines is 1. The van der Waals surface area contributed by atoms with Crippen LogP contribution in [0.1, 0.15) is 17.0 Å². The predicted octanol–water partition coefficient (Wildman–Crippen LogP) is 2.39. The van der Waals surface area contributed by atoms with Gasteiger partial charge in [0.15, 0.2) is 11.5 Å². The first-order valence-corrected chi connectivity index (χ1v) is 7.64. The molecule has 0 aromatic heterocycles. The molecule has 0 bridgehead atoms. The van der Waals surface area contributed by atoms with Gasteiger partial charge in [0.1, 0.15) is 5.92 Å². The Balaban J connectivity index is 1.80. The van der Waals surface area contributed by atoms with Crippen LogP contribution in [0.25, 0.3) is 0 Å². The summed E-state index contributed by atoms with van der Waals surface area (Å²) in [6.45, 7) is 0.148. The van der Waals surface area contributed by atoms with Crippen LogP contribution in [0.4, 0.5) is 5.69 Å². The molecule has 24 heavy (non-hydrogen) atoms. The fraction of sp³-hybridized carbons (Fsp3) is 0.222. The Kier molecular flexibility index (Phi) is 3.37. The minimum atomic E-state index is -1.17. The Morgan fingerprint density at radius 1 is 1.12 bits per heavy atom. The lowest BCUT2D eigenvalue weighted by atomic mass is 9.81. The molecular weight excluding hydrogens is 310 g/mol. The van der Waals surface area contributed by atoms with Gasteiger partial charge in [0, 0.05) is 11.6 Å². The van der Waals surface area contributed by atoms with Crippen molar-refractivity contribution in [3.8, 4) is 11.5 Å². The van der Waals surface area contributed by atoms with Gasteiger partial charge in [-0.05, 0) is 35.7 Å². The number of amides is 1. The summed E-state index contributed by atoms with van der Waals surface area (Å²) in [7, 11) is 0. The molecule has 2 heterocycles. The lowest BCUT2D eigenvalue weighted by molar-refractivity contribution is -0.146. The first-order chi connectivity index (χ1) is 11.6. The van der Waals surface area contributed by atoms with E-state index >= 15 is 0 Å². The average molecular weight is 325 g/mol. The smallest absolute Gasteiger partial charge is 0.316 e. The molecule has 122 valence electrons. The van der Waals surface area contributed by atoms with E-state index in [1.54, 1.807) is 24.3 Å². The Morgan fingerprint density at radius 3 is 2.75 bits per heavy atom. The molecule has 2 aliphatic rings. The Labute approximate surface area is 138 Å². The number of para-hydroxylation sites is 1. The molecule has 1 amide bonds. The summed E-state index contributed by atoms with van der Waals surface area (Å²) in [4.78, 5) is 24.3. The molecule has 4 rings (SSSR count). The molecule has 6 nitrogen and oxygen atoms in total. The van der Waals surface area contributed by atoms with Gasteiger partial charge in [0.2, 0.25) is 12.7 Å². The number of ether oxygens (including phenoxy) is 2. The monoisotopic (exact) mass is 325 g/mol. The highest BCUT2D eigenvalue weighted by Crippen LogP contribution is 2.40. The maximum absolute atomic E-state index is 12.5. The summed E-state index contributed by atoms with van der Waals surface area (Å²) >= 11 is 0. The van der Waals surface area contributed by atoms with Gasteiger partial charge in [-0.3, -0.25) is 9.59 Å². The van der Waals surface area contributed by atoms with E-state index in [0.717, 1.165) is 11.1 Å². The molecule has 2 N–H and O–H groups in total. The van der Waals surface area contributed by atoms with E-state index in [2.05, 4.69) is 5.32 Å². The quantitative estimate of drug-likeness (QED) is 0.828. The number of carbonyl (C=O) groups is 2. The minimum Gasteiger partial charge on any atom is -0.481 e. The first kappa shape index (κ1) is 14.6. The Morgan fingerprint density at radius 2 is 1.92 bits per heavy atom. The van der Waals surface area contributed by atoms with Crippen LogP contribution in [0.15, 0.2) is 42.5 Å². The molecule has 2 atom stereocenters. The van der Waals surface area contributed by atoms with Crippen molar-refractivity contribution in [2.45, 2.75) is 12.3 Å². The van der Waals surface area contributed by atoms with Gasteiger partial charge in [-0.1, -0.05) is 24.3 Å². The van der Waals surface area contributed by atoms with E-state index < -0.39 is 23.7 Å². The fourth-order valence-electron chi connectivity index (χ4n) is 3.31. The number of fused-ring (bicyclic) bond motifs is 2. The van der Waals surface area contributed by atoms with Crippen molar-refractivity contribution in [1.29, 1.82) is 0 Å². The van der Waals surface area contributed by atoms with Gasteiger partial charge >= 0.3 is 5.97 Å². The van der Waals surface area contributed by atoms with Crippen molar-refractivity contribution in [3.63, 3.8) is 0 Å². The molecular formula is C18H15NO5. The van der Waals surface area contributed by atoms with E-state index in [9.17, 15) is 14.7 Å². The van der Waals surface area contributed by atoms with Gasteiger partial charge in [-0.2, -0.15) is 0 Å². The molecule has 0 aliphatic carbocycles. The molecule has 0 spiro atoms. The van der Waals surface area contributed by atoms with Gasteiger partial charge in [-0.25, -0.2) is 0 Å². The van der Waals surface area contributed by atoms with Crippen molar-refractivity contribution >= 4 is 17.6 Å². The number of carboxylic acid groups (broad SMARTS) is 1. The Hall–Kier alpha value is -3.02. The summed E-state index contributed by atoms with van der Waals surface area (Å²) in [5, 5.41) is 12.4. The van der Waals surface area contributed by atoms with E-state index in [1.165, 1.54) is 0 Å². The van der Waals surface area contributed by atoms with Crippen LogP contribution in [0.2, 0.25) is 0 Å². The minimum absolute atomic E-state index is 0.148. The SMILES string of the molecule is O=C(O)C1C(=O)Nc2ccccc2CC1c1ccc2c(c1)OCO2. The number of nitrogens with one attached hydrogen (secondary N) is 1. The van der Waals surface area contributed by atoms with Crippen LogP contribution in [0.3, 0.4) is 0 Å². The third-order valence-corrected chi connectivity index (χ3v) is 4.49. The maximum atomic E-state index is 12.5. The van der Waals surface area contributed by atoms with Crippen molar-refractivity contribution in [1.82, 2.24) is 0 Å². The lowest BCUT2D eigenvalue weighted by Gasteiger charge is -2.21. The second kappa shape index (κ2) is 5.56. The van der Waals surface area contributed by atoms with Crippen molar-refractivity contribution in [2.24, 2.45) is 5.92 Å². The van der Waals surface area contributed by atoms with Crippen LogP contribution in [-0.4, -0.2) is 23.8 Å². The number of rotatable bonds is 2. The molecule has 2 aromatic carbocycles. The Bertz CT molecular complexity index is 832. The van der Waals surface area contributed by atoms with Gasteiger partial charge in [0.05, 0.1) is 0 Å². The highest BCUT2D eigenvalue weighted by atomic mass is 16.7. The molecule has 0 saturated heterocycles. The van der Waals surface area contributed by atoms with Gasteiger partial charge in [-0.15, -0.1) is 0 Å². The third kappa shape index (κ3) is 2.36. The lowest BCUT2D eigenvalue weighted by Crippen LogP contribution is -2.33. The van der Waals surface area contributed by atoms with Gasteiger partial charge in [0.25, 0.3) is 0 Å². The van der Waals surface area contributed by atoms with E-state index in [-0.39, 0.29) is 6.79 Å². The predicted molar refractivity (Wildman–Crippen MR) is 85.2 cm³/mol. The number of hydrogen-bond acceptors (Lipinski definition) is 4. The number of carbonyl (C=O) groups excluding carboxylic acids is 1. The van der Waals surface area contributed by atoms with Gasteiger partial charge < -0.3 is 19.9 Å². The second-order valence-electron chi connectivity index (χ2n) is 5.89. The summed E-state index contributed by atoms with van der Waals surface area (Å²) < 4.78 is 10.7. The zero-order chi connectivity index (χ0) is 16.7. The van der Waals surface area contributed by atoms with Crippen LogP contribution in [0, 0.1) is 5.92 Å². The molecule has 2 aliphatic heterocycles. The van der Waals surface area contributed by atoms with Crippen LogP contribution < -0.4 is 14.8 Å². The van der Waals surface area contributed by atoms with Crippen molar-refractivity contribution < 1.29 is 24.2 Å². The van der Waals surface area contributed by atoms with Crippen LogP contribution >= 0.6 is 0 Å². The first-order valence-electron chi connectivity index (χ1n) is 7.64. The number of aliphatic carboxylic acids is 1. The zero-order valence-electron chi connectivity index (χ0n) is 12.7. The summed E-state index contributed by atoms with van der Waals surface area (Å²) in [6, 6.07) is 12.7. The fourth-order valence-corrected chi connectivity index (χ4v) is 3.31.